The van der Waals surface area contributed by atoms with E-state index in [0.29, 0.717) is 17.8 Å². The van der Waals surface area contributed by atoms with E-state index in [-0.39, 0.29) is 16.5 Å². The summed E-state index contributed by atoms with van der Waals surface area (Å²) in [5, 5.41) is 12.3. The van der Waals surface area contributed by atoms with Gasteiger partial charge in [-0.2, -0.15) is 5.26 Å². The van der Waals surface area contributed by atoms with Crippen LogP contribution in [0.15, 0.2) is 87.9 Å². The van der Waals surface area contributed by atoms with Crippen LogP contribution in [0.1, 0.15) is 11.1 Å². The number of thioether (sulfide) groups is 1. The predicted octanol–water partition coefficient (Wildman–Crippen LogP) is 5.96. The van der Waals surface area contributed by atoms with Crippen LogP contribution in [0.2, 0.25) is 0 Å². The van der Waals surface area contributed by atoms with Gasteiger partial charge in [-0.3, -0.25) is 14.5 Å². The number of rotatable bonds is 5. The number of aryl methyl sites for hydroxylation is 1. The minimum atomic E-state index is -0.622. The summed E-state index contributed by atoms with van der Waals surface area (Å²) >= 11 is 4.52. The Kier molecular flexibility index (Phi) is 7.15. The van der Waals surface area contributed by atoms with E-state index in [1.165, 1.54) is 40.9 Å². The third kappa shape index (κ3) is 5.22. The monoisotopic (exact) mass is 535 g/mol. The average molecular weight is 536 g/mol. The van der Waals surface area contributed by atoms with Crippen LogP contribution in [0.4, 0.5) is 15.8 Å². The van der Waals surface area contributed by atoms with Gasteiger partial charge in [-0.05, 0) is 67.4 Å². The van der Waals surface area contributed by atoms with E-state index in [4.69, 9.17) is 0 Å². The van der Waals surface area contributed by atoms with Crippen molar-refractivity contribution in [3.05, 3.63) is 105 Å². The van der Waals surface area contributed by atoms with Crippen molar-refractivity contribution in [2.24, 2.45) is 0 Å². The van der Waals surface area contributed by atoms with E-state index in [2.05, 4.69) is 21.2 Å². The Hall–Kier alpha value is -3.41. The molecule has 1 heterocycles. The molecule has 0 saturated carbocycles. The Bertz CT molecular complexity index is 1320. The Morgan fingerprint density at radius 1 is 1.15 bits per heavy atom. The second kappa shape index (κ2) is 10.2. The number of anilines is 2. The summed E-state index contributed by atoms with van der Waals surface area (Å²) in [5.41, 5.74) is 2.78. The summed E-state index contributed by atoms with van der Waals surface area (Å²) in [6, 6.07) is 22.2. The van der Waals surface area contributed by atoms with Crippen molar-refractivity contribution in [2.45, 2.75) is 18.6 Å². The molecule has 0 radical (unpaired) electrons. The van der Waals surface area contributed by atoms with Gasteiger partial charge in [0.1, 0.15) is 22.5 Å². The number of halogens is 2. The summed E-state index contributed by atoms with van der Waals surface area (Å²) in [7, 11) is 0. The van der Waals surface area contributed by atoms with Crippen LogP contribution in [0.5, 0.6) is 0 Å². The molecule has 1 aliphatic rings. The number of nitriles is 1. The molecule has 1 saturated heterocycles. The predicted molar refractivity (Wildman–Crippen MR) is 136 cm³/mol. The first-order chi connectivity index (χ1) is 16.4. The summed E-state index contributed by atoms with van der Waals surface area (Å²) < 4.78 is 14.4. The summed E-state index contributed by atoms with van der Waals surface area (Å²) in [4.78, 5) is 27.8. The van der Waals surface area contributed by atoms with Crippen molar-refractivity contribution in [3.63, 3.8) is 0 Å². The number of hydrogen-bond acceptors (Lipinski definition) is 4. The number of carbonyl (C=O) groups is 2. The highest BCUT2D eigenvalue weighted by atomic mass is 79.9. The van der Waals surface area contributed by atoms with Gasteiger partial charge in [0.05, 0.1) is 5.25 Å². The average Bonchev–Trinajstić information content (AvgIpc) is 3.12. The van der Waals surface area contributed by atoms with Gasteiger partial charge in [-0.25, -0.2) is 4.39 Å². The molecule has 0 unspecified atom stereocenters. The zero-order valence-electron chi connectivity index (χ0n) is 18.1. The van der Waals surface area contributed by atoms with E-state index in [1.807, 2.05) is 37.3 Å². The topological polar surface area (TPSA) is 73.2 Å². The van der Waals surface area contributed by atoms with Gasteiger partial charge in [0.15, 0.2) is 0 Å². The fraction of sp³-hybridized carbons (Fsp3) is 0.115. The number of nitrogens with zero attached hydrogens (tertiary/aromatic N) is 2. The van der Waals surface area contributed by atoms with Crippen molar-refractivity contribution in [1.29, 1.82) is 5.26 Å². The number of nitrogens with one attached hydrogen (secondary N) is 1. The molecule has 5 nitrogen and oxygen atoms in total. The van der Waals surface area contributed by atoms with Crippen LogP contribution < -0.4 is 10.2 Å². The van der Waals surface area contributed by atoms with Crippen LogP contribution in [0.25, 0.3) is 0 Å². The van der Waals surface area contributed by atoms with Gasteiger partial charge < -0.3 is 5.32 Å². The molecule has 1 N–H and O–H groups in total. The highest BCUT2D eigenvalue weighted by Crippen LogP contribution is 2.42. The lowest BCUT2D eigenvalue weighted by Crippen LogP contribution is -2.31. The number of carbonyl (C=O) groups excluding carboxylic acids is 2. The fourth-order valence-electron chi connectivity index (χ4n) is 3.59. The molecule has 0 spiro atoms. The molecule has 8 heteroatoms. The lowest BCUT2D eigenvalue weighted by Gasteiger charge is -2.18. The van der Waals surface area contributed by atoms with Crippen molar-refractivity contribution < 1.29 is 14.0 Å². The van der Waals surface area contributed by atoms with Gasteiger partial charge >= 0.3 is 0 Å². The van der Waals surface area contributed by atoms with Gasteiger partial charge in [-0.15, -0.1) is 0 Å². The molecule has 34 heavy (non-hydrogen) atoms. The molecule has 0 aliphatic carbocycles. The zero-order valence-corrected chi connectivity index (χ0v) is 20.5. The van der Waals surface area contributed by atoms with E-state index in [1.54, 1.807) is 24.3 Å². The minimum Gasteiger partial charge on any atom is -0.321 e. The molecule has 2 amide bonds. The van der Waals surface area contributed by atoms with Crippen molar-refractivity contribution in [2.75, 3.05) is 10.2 Å². The Morgan fingerprint density at radius 2 is 1.85 bits per heavy atom. The normalized spacial score (nSPS) is 16.8. The molecule has 1 fully saturated rings. The van der Waals surface area contributed by atoms with E-state index in [9.17, 15) is 19.2 Å². The lowest BCUT2D eigenvalue weighted by atomic mass is 10.1. The Balaban J connectivity index is 1.72. The SMILES string of the molecule is Cc1cccc(C[C@H]2S/C(=C(/C#N)C(=O)Nc3ccc(Br)cc3)N(c3ccc(F)cc3)C2=O)c1. The van der Waals surface area contributed by atoms with Crippen LogP contribution in [0, 0.1) is 24.1 Å². The van der Waals surface area contributed by atoms with Gasteiger partial charge in [0.25, 0.3) is 5.91 Å². The van der Waals surface area contributed by atoms with Crippen molar-refractivity contribution >= 4 is 50.9 Å². The van der Waals surface area contributed by atoms with Gasteiger partial charge in [0.2, 0.25) is 5.91 Å². The minimum absolute atomic E-state index is 0.183. The molecule has 170 valence electrons. The number of hydrogen-bond donors (Lipinski definition) is 1. The summed E-state index contributed by atoms with van der Waals surface area (Å²) in [6.07, 6.45) is 0.430. The Morgan fingerprint density at radius 3 is 2.50 bits per heavy atom. The van der Waals surface area contributed by atoms with Crippen LogP contribution >= 0.6 is 27.7 Å². The maximum atomic E-state index is 13.6. The second-order valence-electron chi connectivity index (χ2n) is 7.70. The molecule has 4 rings (SSSR count). The molecular formula is C26H19BrFN3O2S. The van der Waals surface area contributed by atoms with Gasteiger partial charge in [-0.1, -0.05) is 57.5 Å². The van der Waals surface area contributed by atoms with E-state index in [0.717, 1.165) is 15.6 Å². The fourth-order valence-corrected chi connectivity index (χ4v) is 5.16. The first-order valence-electron chi connectivity index (χ1n) is 10.4. The maximum absolute atomic E-state index is 13.6. The van der Waals surface area contributed by atoms with Crippen LogP contribution in [0.3, 0.4) is 0 Å². The molecule has 1 aliphatic heterocycles. The van der Waals surface area contributed by atoms with Crippen LogP contribution in [-0.2, 0) is 16.0 Å². The number of amides is 2. The third-order valence-corrected chi connectivity index (χ3v) is 6.99. The Labute approximate surface area is 209 Å². The highest BCUT2D eigenvalue weighted by Gasteiger charge is 2.40. The molecule has 3 aromatic carbocycles. The number of benzene rings is 3. The van der Waals surface area contributed by atoms with Crippen molar-refractivity contribution in [1.82, 2.24) is 0 Å². The molecule has 0 bridgehead atoms. The van der Waals surface area contributed by atoms with E-state index >= 15 is 0 Å². The first-order valence-corrected chi connectivity index (χ1v) is 12.1. The van der Waals surface area contributed by atoms with E-state index < -0.39 is 17.0 Å². The molecule has 0 aromatic heterocycles. The maximum Gasteiger partial charge on any atom is 0.269 e. The quantitative estimate of drug-likeness (QED) is 0.323. The molecular weight excluding hydrogens is 517 g/mol. The smallest absolute Gasteiger partial charge is 0.269 e. The zero-order chi connectivity index (χ0) is 24.2. The summed E-state index contributed by atoms with van der Waals surface area (Å²) in [6.45, 7) is 1.98. The lowest BCUT2D eigenvalue weighted by molar-refractivity contribution is -0.117. The van der Waals surface area contributed by atoms with Gasteiger partial charge in [0, 0.05) is 15.8 Å². The third-order valence-electron chi connectivity index (χ3n) is 5.20. The van der Waals surface area contributed by atoms with Crippen LogP contribution in [-0.4, -0.2) is 17.1 Å². The second-order valence-corrected chi connectivity index (χ2v) is 9.81. The van der Waals surface area contributed by atoms with Crippen molar-refractivity contribution in [3.8, 4) is 6.07 Å². The standard InChI is InChI=1S/C26H19BrFN3O2S/c1-16-3-2-4-17(13-16)14-23-25(33)31(21-11-7-19(28)8-12-21)26(34-23)22(15-29)24(32)30-20-9-5-18(27)6-10-20/h2-13,23H,14H2,1H3,(H,30,32)/b26-22-/t23-/m1/s1. The molecule has 3 aromatic rings. The largest absolute Gasteiger partial charge is 0.321 e. The summed E-state index contributed by atoms with van der Waals surface area (Å²) in [5.74, 6) is -1.33. The highest BCUT2D eigenvalue weighted by molar-refractivity contribution is 9.10. The first kappa shape index (κ1) is 23.7. The molecule has 1 atom stereocenters.